The lowest BCUT2D eigenvalue weighted by Gasteiger charge is -2.27. The zero-order valence-corrected chi connectivity index (χ0v) is 29.6. The van der Waals surface area contributed by atoms with Gasteiger partial charge < -0.3 is 9.32 Å². The molecule has 10 rings (SSSR count). The zero-order chi connectivity index (χ0) is 35.8. The van der Waals surface area contributed by atoms with Gasteiger partial charge in [0.05, 0.1) is 0 Å². The van der Waals surface area contributed by atoms with Crippen LogP contribution in [0.1, 0.15) is 0 Å². The molecule has 1 aromatic heterocycles. The molecule has 0 aliphatic carbocycles. The fourth-order valence-corrected chi connectivity index (χ4v) is 7.76. The number of anilines is 3. The summed E-state index contributed by atoms with van der Waals surface area (Å²) in [6.07, 6.45) is 0. The lowest BCUT2D eigenvalue weighted by atomic mass is 9.98. The topological polar surface area (TPSA) is 16.4 Å². The normalized spacial score (nSPS) is 11.3. The first kappa shape index (κ1) is 31.6. The molecule has 0 N–H and O–H groups in total. The van der Waals surface area contributed by atoms with Crippen molar-refractivity contribution in [3.63, 3.8) is 0 Å². The molecule has 0 aliphatic rings. The smallest absolute Gasteiger partial charge is 0.143 e. The molecule has 0 radical (unpaired) electrons. The van der Waals surface area contributed by atoms with Gasteiger partial charge in [0.25, 0.3) is 0 Å². The molecule has 0 amide bonds. The molecular weight excluding hydrogens is 655 g/mol. The van der Waals surface area contributed by atoms with Gasteiger partial charge in [-0.25, -0.2) is 0 Å². The first-order chi connectivity index (χ1) is 26.8. The first-order valence-corrected chi connectivity index (χ1v) is 18.4. The largest absolute Gasteiger partial charge is 0.455 e. The van der Waals surface area contributed by atoms with Crippen LogP contribution < -0.4 is 4.90 Å². The highest BCUT2D eigenvalue weighted by molar-refractivity contribution is 6.21. The quantitative estimate of drug-likeness (QED) is 0.166. The third kappa shape index (κ3) is 5.71. The van der Waals surface area contributed by atoms with E-state index in [-0.39, 0.29) is 0 Å². The Hall–Kier alpha value is -7.16. The van der Waals surface area contributed by atoms with Crippen LogP contribution in [0.2, 0.25) is 0 Å². The average molecular weight is 690 g/mol. The Balaban J connectivity index is 1.15. The number of rotatable bonds is 7. The minimum Gasteiger partial charge on any atom is -0.455 e. The summed E-state index contributed by atoms with van der Waals surface area (Å²) in [5.41, 5.74) is 14.3. The van der Waals surface area contributed by atoms with E-state index in [0.29, 0.717) is 0 Å². The SMILES string of the molecule is c1ccc(-c2ccc(-c3ccc(N(c4ccc(-c5ccccc5)cc4)c4cc(-c5ccccc5)c5oc6ccc7ccccc7c6c5c4)cc3)cc2)cc1. The van der Waals surface area contributed by atoms with Gasteiger partial charge in [0.2, 0.25) is 0 Å². The van der Waals surface area contributed by atoms with Gasteiger partial charge in [0, 0.05) is 33.4 Å². The summed E-state index contributed by atoms with van der Waals surface area (Å²) in [5.74, 6) is 0. The van der Waals surface area contributed by atoms with Gasteiger partial charge in [-0.1, -0.05) is 170 Å². The number of fused-ring (bicyclic) bond motifs is 5. The Morgan fingerprint density at radius 1 is 0.315 bits per heavy atom. The molecule has 1 heterocycles. The van der Waals surface area contributed by atoms with Crippen molar-refractivity contribution in [2.75, 3.05) is 4.90 Å². The molecule has 0 saturated heterocycles. The summed E-state index contributed by atoms with van der Waals surface area (Å²) in [6.45, 7) is 0. The molecule has 9 aromatic carbocycles. The maximum absolute atomic E-state index is 6.74. The number of nitrogens with zero attached hydrogens (tertiary/aromatic N) is 1. The second-order valence-electron chi connectivity index (χ2n) is 13.7. The number of benzene rings is 9. The lowest BCUT2D eigenvalue weighted by Crippen LogP contribution is -2.10. The third-order valence-electron chi connectivity index (χ3n) is 10.5. The summed E-state index contributed by atoms with van der Waals surface area (Å²) in [6, 6.07) is 75.8. The number of furan rings is 1. The van der Waals surface area contributed by atoms with E-state index in [1.165, 1.54) is 44.2 Å². The van der Waals surface area contributed by atoms with Crippen molar-refractivity contribution < 1.29 is 4.42 Å². The molecule has 10 aromatic rings. The van der Waals surface area contributed by atoms with Crippen LogP contribution in [0.15, 0.2) is 217 Å². The lowest BCUT2D eigenvalue weighted by molar-refractivity contribution is 0.670. The molecule has 0 aliphatic heterocycles. The minimum absolute atomic E-state index is 0.888. The van der Waals surface area contributed by atoms with Crippen molar-refractivity contribution in [2.24, 2.45) is 0 Å². The van der Waals surface area contributed by atoms with Gasteiger partial charge in [-0.15, -0.1) is 0 Å². The Labute approximate surface area is 314 Å². The van der Waals surface area contributed by atoms with E-state index in [2.05, 4.69) is 217 Å². The predicted molar refractivity (Wildman–Crippen MR) is 228 cm³/mol. The van der Waals surface area contributed by atoms with Crippen LogP contribution in [0.5, 0.6) is 0 Å². The summed E-state index contributed by atoms with van der Waals surface area (Å²) in [7, 11) is 0. The van der Waals surface area contributed by atoms with Gasteiger partial charge in [-0.2, -0.15) is 0 Å². The number of hydrogen-bond donors (Lipinski definition) is 0. The second kappa shape index (κ2) is 13.4. The van der Waals surface area contributed by atoms with Crippen molar-refractivity contribution in [1.82, 2.24) is 0 Å². The molecular formula is C52H35NO. The van der Waals surface area contributed by atoms with Crippen molar-refractivity contribution in [3.05, 3.63) is 212 Å². The molecule has 0 unspecified atom stereocenters. The van der Waals surface area contributed by atoms with Gasteiger partial charge in [-0.05, 0) is 92.2 Å². The molecule has 54 heavy (non-hydrogen) atoms. The van der Waals surface area contributed by atoms with Crippen LogP contribution in [0.4, 0.5) is 17.1 Å². The molecule has 0 bridgehead atoms. The summed E-state index contributed by atoms with van der Waals surface area (Å²) in [5, 5.41) is 4.61. The summed E-state index contributed by atoms with van der Waals surface area (Å²) in [4.78, 5) is 2.37. The first-order valence-electron chi connectivity index (χ1n) is 18.4. The highest BCUT2D eigenvalue weighted by Gasteiger charge is 2.21. The molecule has 0 spiro atoms. The van der Waals surface area contributed by atoms with E-state index in [4.69, 9.17) is 4.42 Å². The maximum atomic E-state index is 6.74. The van der Waals surface area contributed by atoms with E-state index in [1.54, 1.807) is 0 Å². The van der Waals surface area contributed by atoms with Gasteiger partial charge in [0.1, 0.15) is 11.2 Å². The van der Waals surface area contributed by atoms with Crippen molar-refractivity contribution in [2.45, 2.75) is 0 Å². The minimum atomic E-state index is 0.888. The second-order valence-corrected chi connectivity index (χ2v) is 13.7. The van der Waals surface area contributed by atoms with E-state index in [1.807, 2.05) is 0 Å². The third-order valence-corrected chi connectivity index (χ3v) is 10.5. The Kier molecular flexibility index (Phi) is 7.85. The van der Waals surface area contributed by atoms with E-state index < -0.39 is 0 Å². The molecule has 0 saturated carbocycles. The van der Waals surface area contributed by atoms with Gasteiger partial charge in [-0.3, -0.25) is 0 Å². The van der Waals surface area contributed by atoms with Gasteiger partial charge in [0.15, 0.2) is 0 Å². The van der Waals surface area contributed by atoms with Crippen LogP contribution in [-0.2, 0) is 0 Å². The standard InChI is InChI=1S/C52H35NO/c1-4-12-36(13-5-1)38-20-22-39(23-21-38)41-26-31-45(32-27-41)53(44-29-24-40(25-30-44)37-14-6-2-7-15-37)46-34-48(42-16-8-3-9-17-42)52-49(35-46)51-47-19-11-10-18-43(47)28-33-50(51)54-52/h1-35H. The van der Waals surface area contributed by atoms with Crippen LogP contribution in [0.3, 0.4) is 0 Å². The summed E-state index contributed by atoms with van der Waals surface area (Å²) < 4.78 is 6.74. The fraction of sp³-hybridized carbons (Fsp3) is 0. The molecule has 0 atom stereocenters. The van der Waals surface area contributed by atoms with E-state index >= 15 is 0 Å². The van der Waals surface area contributed by atoms with Gasteiger partial charge >= 0.3 is 0 Å². The van der Waals surface area contributed by atoms with Crippen molar-refractivity contribution in [3.8, 4) is 44.5 Å². The maximum Gasteiger partial charge on any atom is 0.143 e. The molecule has 2 heteroatoms. The molecule has 254 valence electrons. The van der Waals surface area contributed by atoms with Crippen LogP contribution in [0, 0.1) is 0 Å². The zero-order valence-electron chi connectivity index (χ0n) is 29.6. The summed E-state index contributed by atoms with van der Waals surface area (Å²) >= 11 is 0. The fourth-order valence-electron chi connectivity index (χ4n) is 7.76. The highest BCUT2D eigenvalue weighted by atomic mass is 16.3. The Bertz CT molecular complexity index is 2880. The van der Waals surface area contributed by atoms with Crippen molar-refractivity contribution >= 4 is 49.8 Å². The Morgan fingerprint density at radius 3 is 1.30 bits per heavy atom. The molecule has 2 nitrogen and oxygen atoms in total. The Morgan fingerprint density at radius 2 is 0.759 bits per heavy atom. The highest BCUT2D eigenvalue weighted by Crippen LogP contribution is 2.45. The monoisotopic (exact) mass is 689 g/mol. The van der Waals surface area contributed by atoms with E-state index in [9.17, 15) is 0 Å². The van der Waals surface area contributed by atoms with Crippen LogP contribution in [0.25, 0.3) is 77.2 Å². The van der Waals surface area contributed by atoms with Crippen LogP contribution in [-0.4, -0.2) is 0 Å². The number of hydrogen-bond acceptors (Lipinski definition) is 2. The predicted octanol–water partition coefficient (Wildman–Crippen LogP) is 14.9. The van der Waals surface area contributed by atoms with Crippen LogP contribution >= 0.6 is 0 Å². The molecule has 0 fully saturated rings. The van der Waals surface area contributed by atoms with E-state index in [0.717, 1.165) is 50.1 Å². The van der Waals surface area contributed by atoms with Crippen molar-refractivity contribution in [1.29, 1.82) is 0 Å². The average Bonchev–Trinajstić information content (AvgIpc) is 3.64.